The highest BCUT2D eigenvalue weighted by Gasteiger charge is 2.35. The molecular formula is C24H25N7O4. The minimum atomic E-state index is -0.639. The molecule has 0 aliphatic carbocycles. The average molecular weight is 476 g/mol. The summed E-state index contributed by atoms with van der Waals surface area (Å²) in [5, 5.41) is 19.1. The molecule has 1 aliphatic heterocycles. The van der Waals surface area contributed by atoms with E-state index in [1.807, 2.05) is 50.2 Å². The zero-order valence-corrected chi connectivity index (χ0v) is 19.1. The molecule has 0 bridgehead atoms. The lowest BCUT2D eigenvalue weighted by Gasteiger charge is -2.20. The van der Waals surface area contributed by atoms with Crippen LogP contribution in [-0.4, -0.2) is 39.9 Å². The lowest BCUT2D eigenvalue weighted by Crippen LogP contribution is -2.37. The van der Waals surface area contributed by atoms with Crippen LogP contribution in [0.3, 0.4) is 0 Å². The second kappa shape index (κ2) is 9.77. The van der Waals surface area contributed by atoms with Gasteiger partial charge in [0.15, 0.2) is 0 Å². The van der Waals surface area contributed by atoms with E-state index in [9.17, 15) is 19.5 Å². The van der Waals surface area contributed by atoms with Gasteiger partial charge in [-0.15, -0.1) is 0 Å². The second-order valence-corrected chi connectivity index (χ2v) is 8.43. The monoisotopic (exact) mass is 475 g/mol. The molecule has 1 aromatic heterocycles. The SMILES string of the molecule is CC1(C)NC(=O)c2ccc(Nc3ncc(C(=O)NNC=O)c(N[C@H](CO)c4ccccc4)n3)cc21. The number of benzene rings is 2. The number of anilines is 3. The molecule has 2 heterocycles. The standard InChI is InChI=1S/C24H25N7O4/c1-24(2)18-10-15(8-9-16(18)21(34)30-24)27-23-25-11-17(22(35)31-26-13-33)20(29-23)28-19(12-32)14-6-4-3-5-7-14/h3-11,13,19,32H,12H2,1-2H3,(H,26,33)(H,30,34)(H,31,35)(H2,25,27,28,29)/t19-/m1/s1. The highest BCUT2D eigenvalue weighted by molar-refractivity contribution is 6.00. The van der Waals surface area contributed by atoms with E-state index in [1.54, 1.807) is 12.1 Å². The molecule has 0 saturated heterocycles. The zero-order valence-electron chi connectivity index (χ0n) is 19.1. The molecule has 6 N–H and O–H groups in total. The maximum atomic E-state index is 12.6. The molecule has 0 unspecified atom stereocenters. The Morgan fingerprint density at radius 2 is 1.97 bits per heavy atom. The van der Waals surface area contributed by atoms with E-state index in [1.165, 1.54) is 6.20 Å². The normalized spacial score (nSPS) is 14.3. The van der Waals surface area contributed by atoms with Gasteiger partial charge in [-0.05, 0) is 43.2 Å². The molecule has 4 rings (SSSR count). The first kappa shape index (κ1) is 23.6. The van der Waals surface area contributed by atoms with Crippen LogP contribution in [0, 0.1) is 0 Å². The molecule has 180 valence electrons. The Bertz CT molecular complexity index is 1260. The third kappa shape index (κ3) is 5.04. The second-order valence-electron chi connectivity index (χ2n) is 8.43. The van der Waals surface area contributed by atoms with Crippen molar-refractivity contribution in [3.8, 4) is 0 Å². The van der Waals surface area contributed by atoms with Gasteiger partial charge in [-0.1, -0.05) is 30.3 Å². The van der Waals surface area contributed by atoms with Crippen molar-refractivity contribution in [1.29, 1.82) is 0 Å². The van der Waals surface area contributed by atoms with E-state index >= 15 is 0 Å². The van der Waals surface area contributed by atoms with Crippen molar-refractivity contribution in [2.24, 2.45) is 0 Å². The number of carbonyl (C=O) groups is 3. The molecule has 0 radical (unpaired) electrons. The fourth-order valence-electron chi connectivity index (χ4n) is 3.85. The number of nitrogens with zero attached hydrogens (tertiary/aromatic N) is 2. The number of nitrogens with one attached hydrogen (secondary N) is 5. The predicted molar refractivity (Wildman–Crippen MR) is 129 cm³/mol. The molecule has 3 amide bonds. The first-order valence-electron chi connectivity index (χ1n) is 10.9. The van der Waals surface area contributed by atoms with Crippen LogP contribution >= 0.6 is 0 Å². The molecule has 2 aromatic carbocycles. The van der Waals surface area contributed by atoms with Crippen LogP contribution in [0.2, 0.25) is 0 Å². The fraction of sp³-hybridized carbons (Fsp3) is 0.208. The third-order valence-electron chi connectivity index (χ3n) is 5.59. The number of hydrogen-bond donors (Lipinski definition) is 6. The van der Waals surface area contributed by atoms with Crippen LogP contribution in [-0.2, 0) is 10.3 Å². The summed E-state index contributed by atoms with van der Waals surface area (Å²) >= 11 is 0. The van der Waals surface area contributed by atoms with Gasteiger partial charge in [-0.3, -0.25) is 25.2 Å². The molecule has 1 atom stereocenters. The van der Waals surface area contributed by atoms with Crippen molar-refractivity contribution in [1.82, 2.24) is 26.1 Å². The molecule has 0 spiro atoms. The van der Waals surface area contributed by atoms with Gasteiger partial charge in [0, 0.05) is 17.4 Å². The Morgan fingerprint density at radius 1 is 1.20 bits per heavy atom. The minimum Gasteiger partial charge on any atom is -0.394 e. The fourth-order valence-corrected chi connectivity index (χ4v) is 3.85. The molecule has 11 nitrogen and oxygen atoms in total. The maximum Gasteiger partial charge on any atom is 0.275 e. The van der Waals surface area contributed by atoms with Gasteiger partial charge >= 0.3 is 0 Å². The van der Waals surface area contributed by atoms with Crippen molar-refractivity contribution in [3.05, 3.63) is 77.0 Å². The van der Waals surface area contributed by atoms with E-state index in [4.69, 9.17) is 0 Å². The number of hydrogen-bond acceptors (Lipinski definition) is 8. The highest BCUT2D eigenvalue weighted by atomic mass is 16.3. The summed E-state index contributed by atoms with van der Waals surface area (Å²) in [6.45, 7) is 3.57. The molecule has 0 fully saturated rings. The van der Waals surface area contributed by atoms with E-state index in [-0.39, 0.29) is 29.8 Å². The predicted octanol–water partition coefficient (Wildman–Crippen LogP) is 1.73. The number of fused-ring (bicyclic) bond motifs is 1. The van der Waals surface area contributed by atoms with Gasteiger partial charge in [-0.25, -0.2) is 4.98 Å². The Balaban J connectivity index is 1.66. The molecule has 3 aromatic rings. The third-order valence-corrected chi connectivity index (χ3v) is 5.59. The van der Waals surface area contributed by atoms with Gasteiger partial charge in [0.1, 0.15) is 11.4 Å². The largest absolute Gasteiger partial charge is 0.394 e. The number of aliphatic hydroxyl groups is 1. The summed E-state index contributed by atoms with van der Waals surface area (Å²) in [4.78, 5) is 44.0. The van der Waals surface area contributed by atoms with Crippen LogP contribution in [0.5, 0.6) is 0 Å². The van der Waals surface area contributed by atoms with Crippen LogP contribution in [0.25, 0.3) is 0 Å². The number of hydrazine groups is 1. The van der Waals surface area contributed by atoms with Crippen molar-refractivity contribution >= 4 is 35.7 Å². The van der Waals surface area contributed by atoms with Crippen molar-refractivity contribution in [3.63, 3.8) is 0 Å². The van der Waals surface area contributed by atoms with E-state index in [0.29, 0.717) is 17.7 Å². The first-order chi connectivity index (χ1) is 16.8. The van der Waals surface area contributed by atoms with Crippen LogP contribution in [0.15, 0.2) is 54.7 Å². The smallest absolute Gasteiger partial charge is 0.275 e. The summed E-state index contributed by atoms with van der Waals surface area (Å²) < 4.78 is 0. The van der Waals surface area contributed by atoms with Crippen molar-refractivity contribution < 1.29 is 19.5 Å². The minimum absolute atomic E-state index is 0.0594. The Hall–Kier alpha value is -4.51. The van der Waals surface area contributed by atoms with Crippen molar-refractivity contribution in [2.45, 2.75) is 25.4 Å². The van der Waals surface area contributed by atoms with Gasteiger partial charge in [0.25, 0.3) is 11.8 Å². The molecule has 11 heteroatoms. The number of aromatic nitrogens is 2. The van der Waals surface area contributed by atoms with E-state index in [2.05, 4.69) is 36.8 Å². The summed E-state index contributed by atoms with van der Waals surface area (Å²) in [5.74, 6) is -0.435. The summed E-state index contributed by atoms with van der Waals surface area (Å²) in [6, 6.07) is 14.0. The molecular weight excluding hydrogens is 450 g/mol. The average Bonchev–Trinajstić information content (AvgIpc) is 3.09. The van der Waals surface area contributed by atoms with Crippen molar-refractivity contribution in [2.75, 3.05) is 17.2 Å². The Labute approximate surface area is 201 Å². The summed E-state index contributed by atoms with van der Waals surface area (Å²) in [7, 11) is 0. The summed E-state index contributed by atoms with van der Waals surface area (Å²) in [6.07, 6.45) is 1.64. The van der Waals surface area contributed by atoms with E-state index < -0.39 is 17.5 Å². The molecule has 0 saturated carbocycles. The quantitative estimate of drug-likeness (QED) is 0.202. The van der Waals surface area contributed by atoms with Gasteiger partial charge < -0.3 is 21.1 Å². The maximum absolute atomic E-state index is 12.6. The van der Waals surface area contributed by atoms with Crippen LogP contribution in [0.1, 0.15) is 51.7 Å². The summed E-state index contributed by atoms with van der Waals surface area (Å²) in [5.41, 5.74) is 6.76. The number of aliphatic hydroxyl groups excluding tert-OH is 1. The Kier molecular flexibility index (Phi) is 6.60. The number of amides is 3. The molecule has 35 heavy (non-hydrogen) atoms. The van der Waals surface area contributed by atoms with Gasteiger partial charge in [-0.2, -0.15) is 4.98 Å². The van der Waals surface area contributed by atoms with Crippen LogP contribution < -0.4 is 26.8 Å². The van der Waals surface area contributed by atoms with E-state index in [0.717, 1.165) is 11.1 Å². The van der Waals surface area contributed by atoms with Gasteiger partial charge in [0.05, 0.1) is 18.2 Å². The van der Waals surface area contributed by atoms with Crippen LogP contribution in [0.4, 0.5) is 17.5 Å². The zero-order chi connectivity index (χ0) is 25.0. The lowest BCUT2D eigenvalue weighted by molar-refractivity contribution is -0.110. The highest BCUT2D eigenvalue weighted by Crippen LogP contribution is 2.33. The topological polar surface area (TPSA) is 157 Å². The Morgan fingerprint density at radius 3 is 2.69 bits per heavy atom. The number of carbonyl (C=O) groups excluding carboxylic acids is 3. The first-order valence-corrected chi connectivity index (χ1v) is 10.9. The van der Waals surface area contributed by atoms with Gasteiger partial charge in [0.2, 0.25) is 12.4 Å². The lowest BCUT2D eigenvalue weighted by atomic mass is 9.94. The molecule has 1 aliphatic rings. The number of rotatable bonds is 9.